The molecule has 12 heterocycles. The predicted molar refractivity (Wildman–Crippen MR) is 567 cm³/mol. The molecule has 4 aliphatic rings. The molecule has 23 heteroatoms. The zero-order chi connectivity index (χ0) is 90.4. The summed E-state index contributed by atoms with van der Waals surface area (Å²) < 4.78 is 20.3. The Morgan fingerprint density at radius 2 is 0.549 bits per heavy atom. The summed E-state index contributed by atoms with van der Waals surface area (Å²) in [6.45, 7) is 4.61. The summed E-state index contributed by atoms with van der Waals surface area (Å²) in [5.41, 5.74) is 21.4. The average Bonchev–Trinajstić information content (AvgIpc) is 1.65. The summed E-state index contributed by atoms with van der Waals surface area (Å²) in [6, 6.07) is 129. The van der Waals surface area contributed by atoms with Crippen LogP contribution < -0.4 is 40.5 Å². The third-order valence-electron chi connectivity index (χ3n) is 23.7. The van der Waals surface area contributed by atoms with Crippen LogP contribution in [0.4, 0.5) is 75.1 Å². The van der Waals surface area contributed by atoms with Crippen molar-refractivity contribution < 1.29 is 0 Å². The second-order valence-electron chi connectivity index (χ2n) is 32.6. The topological polar surface area (TPSA) is 163 Å². The van der Waals surface area contributed by atoms with Crippen molar-refractivity contribution in [1.29, 1.82) is 21.0 Å². The summed E-state index contributed by atoms with van der Waals surface area (Å²) in [4.78, 5) is 30.7. The summed E-state index contributed by atoms with van der Waals surface area (Å²) in [6.07, 6.45) is 8.09. The number of thiazole rings is 4. The third-order valence-corrected chi connectivity index (χ3v) is 47.2. The molecule has 133 heavy (non-hydrogen) atoms. The molecule has 0 atom stereocenters. The molecule has 0 aliphatic carbocycles. The minimum atomic E-state index is -2.37. The van der Waals surface area contributed by atoms with E-state index in [4.69, 9.17) is 9.97 Å². The number of nitriles is 4. The number of nitrogens with zero attached hydrogens (tertiary/aromatic N) is 13. The van der Waals surface area contributed by atoms with Crippen LogP contribution >= 0.6 is 45.3 Å². The summed E-state index contributed by atoms with van der Waals surface area (Å²) in [5.74, 6) is 4.99. The fraction of sp³-hybridized carbons (Fsp3) is 0.0545. The van der Waals surface area contributed by atoms with Gasteiger partial charge in [0.2, 0.25) is 0 Å². The van der Waals surface area contributed by atoms with E-state index >= 15 is 0 Å². The zero-order valence-corrected chi connectivity index (χ0v) is 86.7. The number of fused-ring (bicyclic) bond motifs is 12. The molecule has 8 aromatic heterocycles. The first-order chi connectivity index (χ1) is 65.1. The van der Waals surface area contributed by atoms with Gasteiger partial charge in [0.1, 0.15) is 0 Å². The molecule has 0 amide bonds. The van der Waals surface area contributed by atoms with E-state index in [-0.39, 0.29) is 84.4 Å². The Balaban J connectivity index is 0.000000107. The van der Waals surface area contributed by atoms with Crippen molar-refractivity contribution in [3.8, 4) is 24.3 Å². The molecule has 20 aromatic rings. The van der Waals surface area contributed by atoms with E-state index in [0.29, 0.717) is 22.3 Å². The molecular formula is C110H75GeN13S4Se4Te. The average molecular weight is 2220 g/mol. The molecule has 4 aliphatic heterocycles. The van der Waals surface area contributed by atoms with Crippen LogP contribution in [0.2, 0.25) is 11.5 Å². The van der Waals surface area contributed by atoms with Gasteiger partial charge in [-0.25, -0.2) is 0 Å². The van der Waals surface area contributed by atoms with Crippen molar-refractivity contribution in [3.63, 3.8) is 0 Å². The second-order valence-corrected chi connectivity index (χ2v) is 58.0. The summed E-state index contributed by atoms with van der Waals surface area (Å²) >= 11 is 3.87. The SMILES string of the molecule is CC1(C)c2ccccc2N(c2ccc(/C=C(\C#N)c3nc4ccccc4s3)[se]2)c2ccccc21.CN1c2ccccc2N(c2ccc(/C=C(\C#N)c3nc4ccccc4s3)[se]2)c2ccccc21.N#C/C(=C\c1ccc(N2c3ccccc3[Te]c3ccccc32)[se]1)c1nc2ccccc2s1.[CH3][Ge]1([CH3])[c]2ccccc2N(c2ccc(/C=C(\C#N)c3nc4ccccc4s3)[se]2)c2cccc[c]21. The van der Waals surface area contributed by atoms with Crippen LogP contribution in [-0.2, 0) is 5.41 Å². The molecule has 0 unspecified atom stereocenters. The quantitative estimate of drug-likeness (QED) is 0.0839. The standard InChI is InChI=1S/C29H21N3SSe.C28H21GeN3SSe.C27H18N4SSe.C26H15N3SSeTe/c2*1-29(2)21-9-3-6-12-24(21)32(25-13-7-4-10-22(25)29)27-16-15-20(34-27)17-19(18-30)28-31-23-11-5-8-14-26(23)33-28;1-30-21-9-3-5-11-23(21)31(24-12-6-4-10-22(24)30)26-15-14-19(33-26)16-18(17-28)27-29-20-8-2-7-13-25(20)32-27;27-16-17(26-28-19-7-1-4-10-22(19)30-26)15-18-13-14-25(31-18)29-20-8-2-5-11-23(20)32-24-12-6-3-9-21(24)29/h2*3-17H,1-2H3;2-16H,1H3;1-15H/b2*19-17+;18-16+;17-15+. The van der Waals surface area contributed by atoms with Crippen molar-refractivity contribution in [1.82, 2.24) is 19.9 Å². The minimum absolute atomic E-state index is 0.0627. The first-order valence-electron chi connectivity index (χ1n) is 42.8. The summed E-state index contributed by atoms with van der Waals surface area (Å²) in [5, 5.41) is 42.6. The second kappa shape index (κ2) is 37.5. The van der Waals surface area contributed by atoms with Crippen molar-refractivity contribution in [2.24, 2.45) is 0 Å². The van der Waals surface area contributed by atoms with Gasteiger partial charge in [0.05, 0.1) is 0 Å². The van der Waals surface area contributed by atoms with Crippen molar-refractivity contribution in [2.75, 3.05) is 31.5 Å². The van der Waals surface area contributed by atoms with Crippen LogP contribution in [0.3, 0.4) is 0 Å². The first-order valence-corrected chi connectivity index (χ1v) is 61.6. The molecule has 638 valence electrons. The Morgan fingerprint density at radius 1 is 0.301 bits per heavy atom. The van der Waals surface area contributed by atoms with E-state index in [2.05, 4.69) is 352 Å². The van der Waals surface area contributed by atoms with Crippen molar-refractivity contribution in [3.05, 3.63) is 389 Å². The fourth-order valence-corrected chi connectivity index (χ4v) is 38.6. The maximum atomic E-state index is 9.90. The first kappa shape index (κ1) is 87.1. The van der Waals surface area contributed by atoms with E-state index in [1.54, 1.807) is 45.3 Å². The van der Waals surface area contributed by atoms with Gasteiger partial charge < -0.3 is 0 Å². The molecular weight excluding hydrogens is 2150 g/mol. The molecule has 12 aromatic carbocycles. The van der Waals surface area contributed by atoms with E-state index < -0.39 is 13.3 Å². The van der Waals surface area contributed by atoms with E-state index in [1.165, 1.54) is 120 Å². The molecule has 0 saturated heterocycles. The number of hydrogen-bond acceptors (Lipinski definition) is 17. The normalized spacial score (nSPS) is 13.8. The monoisotopic (exact) mass is 2230 g/mol. The van der Waals surface area contributed by atoms with Crippen LogP contribution in [0.1, 0.15) is 62.8 Å². The van der Waals surface area contributed by atoms with E-state index in [1.807, 2.05) is 103 Å². The van der Waals surface area contributed by atoms with Gasteiger partial charge in [0.15, 0.2) is 0 Å². The molecule has 0 fully saturated rings. The summed E-state index contributed by atoms with van der Waals surface area (Å²) in [7, 11) is 2.12. The number of anilines is 14. The van der Waals surface area contributed by atoms with Gasteiger partial charge in [-0.15, -0.1) is 0 Å². The Bertz CT molecular complexity index is 7700. The Labute approximate surface area is 823 Å². The number of hydrogen-bond donors (Lipinski definition) is 0. The molecule has 0 bridgehead atoms. The van der Waals surface area contributed by atoms with E-state index in [0.717, 1.165) is 60.9 Å². The molecule has 0 saturated carbocycles. The number of aromatic nitrogens is 4. The Hall–Kier alpha value is -12.5. The van der Waals surface area contributed by atoms with Gasteiger partial charge in [-0.3, -0.25) is 0 Å². The van der Waals surface area contributed by atoms with Gasteiger partial charge in [-0.1, -0.05) is 0 Å². The maximum absolute atomic E-state index is 9.90. The van der Waals surface area contributed by atoms with Crippen LogP contribution in [0.5, 0.6) is 0 Å². The number of benzene rings is 12. The number of rotatable bonds is 12. The van der Waals surface area contributed by atoms with Gasteiger partial charge in [0, 0.05) is 0 Å². The van der Waals surface area contributed by atoms with Crippen molar-refractivity contribution >= 4 is 316 Å². The Morgan fingerprint density at radius 3 is 0.872 bits per heavy atom. The molecule has 24 rings (SSSR count). The molecule has 0 spiro atoms. The van der Waals surface area contributed by atoms with Crippen LogP contribution in [0.25, 0.3) is 87.5 Å². The van der Waals surface area contributed by atoms with Crippen LogP contribution in [0, 0.1) is 45.3 Å². The Kier molecular flexibility index (Phi) is 24.6. The predicted octanol–water partition coefficient (Wildman–Crippen LogP) is 25.4. The molecule has 0 N–H and O–H groups in total. The van der Waals surface area contributed by atoms with E-state index in [9.17, 15) is 21.0 Å². The number of allylic oxidation sites excluding steroid dienone is 4. The van der Waals surface area contributed by atoms with Gasteiger partial charge >= 0.3 is 832 Å². The van der Waals surface area contributed by atoms with Crippen LogP contribution in [0.15, 0.2) is 340 Å². The third kappa shape index (κ3) is 17.0. The zero-order valence-electron chi connectivity index (χ0n) is 72.1. The molecule has 0 radical (unpaired) electrons. The number of para-hydroxylation sites is 14. The fourth-order valence-electron chi connectivity index (χ4n) is 17.4. The van der Waals surface area contributed by atoms with Crippen LogP contribution in [-0.4, -0.2) is 119 Å². The van der Waals surface area contributed by atoms with Gasteiger partial charge in [-0.2, -0.15) is 0 Å². The molecule has 13 nitrogen and oxygen atoms in total. The van der Waals surface area contributed by atoms with Gasteiger partial charge in [0.25, 0.3) is 0 Å². The van der Waals surface area contributed by atoms with Gasteiger partial charge in [-0.05, 0) is 0 Å². The van der Waals surface area contributed by atoms with Crippen molar-refractivity contribution in [2.45, 2.75) is 30.8 Å².